The van der Waals surface area contributed by atoms with Crippen LogP contribution in [0.3, 0.4) is 0 Å². The number of nitrogens with two attached hydrogens (primary N) is 1. The molecule has 0 bridgehead atoms. The first kappa shape index (κ1) is 18.2. The molecule has 4 nitrogen and oxygen atoms in total. The van der Waals surface area contributed by atoms with Gasteiger partial charge in [-0.15, -0.1) is 24.0 Å². The minimum Gasteiger partial charge on any atom is -0.396 e. The van der Waals surface area contributed by atoms with Gasteiger partial charge in [0.15, 0.2) is 5.96 Å². The third-order valence-electron chi connectivity index (χ3n) is 4.24. The molecule has 0 aromatic heterocycles. The van der Waals surface area contributed by atoms with Crippen LogP contribution in [0.15, 0.2) is 29.3 Å². The average molecular weight is 403 g/mol. The number of rotatable bonds is 6. The van der Waals surface area contributed by atoms with Gasteiger partial charge in [-0.1, -0.05) is 26.0 Å². The molecule has 21 heavy (non-hydrogen) atoms. The van der Waals surface area contributed by atoms with Crippen LogP contribution in [0.4, 0.5) is 5.69 Å². The number of aliphatic hydroxyl groups is 1. The molecule has 1 aliphatic carbocycles. The maximum absolute atomic E-state index is 9.23. The average Bonchev–Trinajstić information content (AvgIpc) is 3.26. The first-order valence-electron chi connectivity index (χ1n) is 7.36. The number of nitrogens with zero attached hydrogens (tertiary/aromatic N) is 1. The van der Waals surface area contributed by atoms with Gasteiger partial charge in [0.1, 0.15) is 0 Å². The first-order valence-corrected chi connectivity index (χ1v) is 7.36. The van der Waals surface area contributed by atoms with Gasteiger partial charge in [-0.05, 0) is 42.9 Å². The molecule has 1 aromatic rings. The molecule has 2 rings (SSSR count). The quantitative estimate of drug-likeness (QED) is 0.388. The highest BCUT2D eigenvalue weighted by Crippen LogP contribution is 2.45. The smallest absolute Gasteiger partial charge is 0.193 e. The summed E-state index contributed by atoms with van der Waals surface area (Å²) < 4.78 is 0. The summed E-state index contributed by atoms with van der Waals surface area (Å²) in [5.41, 5.74) is 8.17. The fourth-order valence-electron chi connectivity index (χ4n) is 2.11. The zero-order valence-corrected chi connectivity index (χ0v) is 15.1. The van der Waals surface area contributed by atoms with E-state index in [4.69, 9.17) is 5.73 Å². The van der Waals surface area contributed by atoms with Crippen LogP contribution in [0.1, 0.15) is 44.6 Å². The van der Waals surface area contributed by atoms with Crippen LogP contribution in [-0.4, -0.2) is 24.2 Å². The Morgan fingerprint density at radius 1 is 1.38 bits per heavy atom. The number of halogens is 1. The van der Waals surface area contributed by atoms with Crippen molar-refractivity contribution in [1.82, 2.24) is 0 Å². The lowest BCUT2D eigenvalue weighted by atomic mass is 9.99. The predicted molar refractivity (Wildman–Crippen MR) is 99.4 cm³/mol. The number of anilines is 1. The van der Waals surface area contributed by atoms with E-state index in [0.29, 0.717) is 18.4 Å². The SMILES string of the molecule is CCC(C)c1ccc(NC(N)=NCC2(CO)CC2)cc1.I. The van der Waals surface area contributed by atoms with Crippen molar-refractivity contribution in [2.24, 2.45) is 16.1 Å². The van der Waals surface area contributed by atoms with Gasteiger partial charge in [0.05, 0.1) is 13.2 Å². The second kappa shape index (κ2) is 7.98. The Morgan fingerprint density at radius 3 is 2.48 bits per heavy atom. The summed E-state index contributed by atoms with van der Waals surface area (Å²) in [5, 5.41) is 12.3. The van der Waals surface area contributed by atoms with Gasteiger partial charge in [-0.2, -0.15) is 0 Å². The highest BCUT2D eigenvalue weighted by molar-refractivity contribution is 14.0. The lowest BCUT2D eigenvalue weighted by Gasteiger charge is -2.12. The predicted octanol–water partition coefficient (Wildman–Crippen LogP) is 3.32. The number of aliphatic hydroxyl groups excluding tert-OH is 1. The highest BCUT2D eigenvalue weighted by atomic mass is 127. The molecule has 0 spiro atoms. The number of nitrogens with one attached hydrogen (secondary N) is 1. The third-order valence-corrected chi connectivity index (χ3v) is 4.24. The van der Waals surface area contributed by atoms with Crippen molar-refractivity contribution in [1.29, 1.82) is 0 Å². The Bertz CT molecular complexity index is 469. The van der Waals surface area contributed by atoms with Crippen LogP contribution >= 0.6 is 24.0 Å². The van der Waals surface area contributed by atoms with Crippen molar-refractivity contribution in [3.8, 4) is 0 Å². The highest BCUT2D eigenvalue weighted by Gasteiger charge is 2.41. The van der Waals surface area contributed by atoms with Crippen LogP contribution in [0.25, 0.3) is 0 Å². The summed E-state index contributed by atoms with van der Waals surface area (Å²) in [6.45, 7) is 5.22. The summed E-state index contributed by atoms with van der Waals surface area (Å²) in [5.74, 6) is 0.996. The molecule has 0 radical (unpaired) electrons. The van der Waals surface area contributed by atoms with E-state index in [1.54, 1.807) is 0 Å². The minimum absolute atomic E-state index is 0. The summed E-state index contributed by atoms with van der Waals surface area (Å²) in [6, 6.07) is 8.31. The Balaban J connectivity index is 0.00000220. The molecule has 0 amide bonds. The maximum Gasteiger partial charge on any atom is 0.193 e. The number of benzene rings is 1. The van der Waals surface area contributed by atoms with E-state index in [0.717, 1.165) is 24.9 Å². The molecule has 118 valence electrons. The van der Waals surface area contributed by atoms with Crippen molar-refractivity contribution in [2.45, 2.75) is 39.0 Å². The molecule has 1 aliphatic rings. The monoisotopic (exact) mass is 403 g/mol. The van der Waals surface area contributed by atoms with E-state index >= 15 is 0 Å². The van der Waals surface area contributed by atoms with E-state index in [1.165, 1.54) is 5.56 Å². The molecule has 1 atom stereocenters. The second-order valence-corrected chi connectivity index (χ2v) is 5.92. The molecule has 5 heteroatoms. The Hall–Kier alpha value is -0.820. The lowest BCUT2D eigenvalue weighted by molar-refractivity contribution is 0.217. The van der Waals surface area contributed by atoms with Crippen molar-refractivity contribution < 1.29 is 5.11 Å². The minimum atomic E-state index is 0. The molecule has 1 unspecified atom stereocenters. The lowest BCUT2D eigenvalue weighted by Crippen LogP contribution is -2.24. The summed E-state index contributed by atoms with van der Waals surface area (Å²) in [6.07, 6.45) is 3.23. The van der Waals surface area contributed by atoms with Gasteiger partial charge < -0.3 is 16.2 Å². The normalized spacial score (nSPS) is 17.8. The molecule has 1 aromatic carbocycles. The van der Waals surface area contributed by atoms with Gasteiger partial charge in [-0.3, -0.25) is 4.99 Å². The standard InChI is InChI=1S/C16H25N3O.HI/c1-3-12(2)13-4-6-14(7-5-13)19-15(17)18-10-16(11-20)8-9-16;/h4-7,12,20H,3,8-11H2,1-2H3,(H3,17,18,19);1H. The van der Waals surface area contributed by atoms with Gasteiger partial charge in [0.25, 0.3) is 0 Å². The van der Waals surface area contributed by atoms with Crippen LogP contribution in [0.5, 0.6) is 0 Å². The van der Waals surface area contributed by atoms with Crippen molar-refractivity contribution in [3.63, 3.8) is 0 Å². The summed E-state index contributed by atoms with van der Waals surface area (Å²) in [7, 11) is 0. The number of guanidine groups is 1. The van der Waals surface area contributed by atoms with Crippen LogP contribution in [0, 0.1) is 5.41 Å². The van der Waals surface area contributed by atoms with E-state index < -0.39 is 0 Å². The molecule has 1 fully saturated rings. The van der Waals surface area contributed by atoms with Crippen LogP contribution < -0.4 is 11.1 Å². The molecule has 0 heterocycles. The largest absolute Gasteiger partial charge is 0.396 e. The van der Waals surface area contributed by atoms with Crippen molar-refractivity contribution >= 4 is 35.6 Å². The number of aliphatic imine (C=N–C) groups is 1. The van der Waals surface area contributed by atoms with Crippen LogP contribution in [-0.2, 0) is 0 Å². The molecule has 4 N–H and O–H groups in total. The number of hydrogen-bond donors (Lipinski definition) is 3. The van der Waals surface area contributed by atoms with Gasteiger partial charge in [0.2, 0.25) is 0 Å². The molecule has 1 saturated carbocycles. The fraction of sp³-hybridized carbons (Fsp3) is 0.562. The van der Waals surface area contributed by atoms with E-state index in [9.17, 15) is 5.11 Å². The molecule has 0 saturated heterocycles. The summed E-state index contributed by atoms with van der Waals surface area (Å²) >= 11 is 0. The Labute approximate surface area is 144 Å². The summed E-state index contributed by atoms with van der Waals surface area (Å²) in [4.78, 5) is 4.32. The first-order chi connectivity index (χ1) is 9.58. The second-order valence-electron chi connectivity index (χ2n) is 5.92. The molecule has 0 aliphatic heterocycles. The van der Waals surface area contributed by atoms with Crippen molar-refractivity contribution in [2.75, 3.05) is 18.5 Å². The molecular formula is C16H26IN3O. The van der Waals surface area contributed by atoms with E-state index in [-0.39, 0.29) is 36.0 Å². The Morgan fingerprint density at radius 2 is 2.00 bits per heavy atom. The van der Waals surface area contributed by atoms with Gasteiger partial charge in [-0.25, -0.2) is 0 Å². The molecular weight excluding hydrogens is 377 g/mol. The topological polar surface area (TPSA) is 70.6 Å². The fourth-order valence-corrected chi connectivity index (χ4v) is 2.11. The zero-order chi connectivity index (χ0) is 14.6. The van der Waals surface area contributed by atoms with Crippen molar-refractivity contribution in [3.05, 3.63) is 29.8 Å². The zero-order valence-electron chi connectivity index (χ0n) is 12.8. The Kier molecular flexibility index (Phi) is 6.93. The number of hydrogen-bond acceptors (Lipinski definition) is 2. The van der Waals surface area contributed by atoms with E-state index in [2.05, 4.69) is 36.3 Å². The van der Waals surface area contributed by atoms with E-state index in [1.807, 2.05) is 12.1 Å². The van der Waals surface area contributed by atoms with Crippen LogP contribution in [0.2, 0.25) is 0 Å². The third kappa shape index (κ3) is 5.14. The van der Waals surface area contributed by atoms with Gasteiger partial charge >= 0.3 is 0 Å². The maximum atomic E-state index is 9.23. The van der Waals surface area contributed by atoms with Gasteiger partial charge in [0, 0.05) is 11.1 Å².